The van der Waals surface area contributed by atoms with Crippen molar-refractivity contribution in [1.82, 2.24) is 15.1 Å². The zero-order valence-corrected chi connectivity index (χ0v) is 11.2. The Kier molecular flexibility index (Phi) is 3.93. The average molecular weight is 275 g/mol. The van der Waals surface area contributed by atoms with Gasteiger partial charge in [-0.05, 0) is 26.0 Å². The summed E-state index contributed by atoms with van der Waals surface area (Å²) >= 11 is 0. The minimum atomic E-state index is -0.567. The molecule has 0 bridgehead atoms. The van der Waals surface area contributed by atoms with Crippen LogP contribution in [0.1, 0.15) is 23.1 Å². The van der Waals surface area contributed by atoms with E-state index in [1.54, 1.807) is 26.0 Å². The third kappa shape index (κ3) is 2.59. The van der Waals surface area contributed by atoms with Crippen LogP contribution in [0.15, 0.2) is 35.1 Å². The van der Waals surface area contributed by atoms with Gasteiger partial charge in [0, 0.05) is 18.3 Å². The van der Waals surface area contributed by atoms with Gasteiger partial charge in [0.2, 0.25) is 5.43 Å². The van der Waals surface area contributed by atoms with Gasteiger partial charge >= 0.3 is 0 Å². The Labute approximate surface area is 115 Å². The molecule has 2 aromatic rings. The number of nitrogens with one attached hydrogen (secondary N) is 1. The molecule has 0 aliphatic rings. The van der Waals surface area contributed by atoms with Gasteiger partial charge in [0.25, 0.3) is 5.91 Å². The molecular formula is C14H14FN3O2. The van der Waals surface area contributed by atoms with E-state index >= 15 is 0 Å². The Morgan fingerprint density at radius 2 is 2.10 bits per heavy atom. The summed E-state index contributed by atoms with van der Waals surface area (Å²) in [6.45, 7) is 3.75. The molecule has 0 saturated heterocycles. The van der Waals surface area contributed by atoms with Crippen LogP contribution in [-0.2, 0) is 0 Å². The molecular weight excluding hydrogens is 261 g/mol. The number of nitrogens with zero attached hydrogens (tertiary/aromatic N) is 2. The quantitative estimate of drug-likeness (QED) is 0.921. The number of aryl methyl sites for hydroxylation is 1. The van der Waals surface area contributed by atoms with Gasteiger partial charge in [-0.2, -0.15) is 5.10 Å². The molecule has 0 aliphatic carbocycles. The van der Waals surface area contributed by atoms with Crippen LogP contribution in [0.25, 0.3) is 5.69 Å². The summed E-state index contributed by atoms with van der Waals surface area (Å²) in [5.41, 5.74) is -0.0922. The summed E-state index contributed by atoms with van der Waals surface area (Å²) in [6, 6.07) is 7.30. The maximum absolute atomic E-state index is 13.8. The van der Waals surface area contributed by atoms with Crippen LogP contribution in [0.2, 0.25) is 0 Å². The molecule has 1 amide bonds. The summed E-state index contributed by atoms with van der Waals surface area (Å²) in [7, 11) is 0. The predicted molar refractivity (Wildman–Crippen MR) is 72.5 cm³/mol. The Bertz CT molecular complexity index is 710. The molecule has 0 fully saturated rings. The summed E-state index contributed by atoms with van der Waals surface area (Å²) in [6.07, 6.45) is 0. The lowest BCUT2D eigenvalue weighted by Gasteiger charge is -2.11. The molecule has 1 aromatic carbocycles. The number of para-hydroxylation sites is 1. The van der Waals surface area contributed by atoms with E-state index in [1.165, 1.54) is 22.9 Å². The molecule has 20 heavy (non-hydrogen) atoms. The standard InChI is InChI=1S/C14H14FN3O2/c1-3-16-14(20)13-12(19)8-9(2)18(17-13)11-7-5-4-6-10(11)15/h4-8H,3H2,1-2H3,(H,16,20). The Hall–Kier alpha value is -2.50. The van der Waals surface area contributed by atoms with E-state index < -0.39 is 17.2 Å². The van der Waals surface area contributed by atoms with E-state index in [0.29, 0.717) is 12.2 Å². The van der Waals surface area contributed by atoms with Crippen molar-refractivity contribution in [1.29, 1.82) is 0 Å². The molecule has 104 valence electrons. The van der Waals surface area contributed by atoms with Gasteiger partial charge < -0.3 is 5.32 Å². The topological polar surface area (TPSA) is 64.0 Å². The highest BCUT2D eigenvalue weighted by molar-refractivity contribution is 5.91. The van der Waals surface area contributed by atoms with E-state index in [-0.39, 0.29) is 11.4 Å². The highest BCUT2D eigenvalue weighted by atomic mass is 19.1. The van der Waals surface area contributed by atoms with Gasteiger partial charge in [-0.1, -0.05) is 12.1 Å². The summed E-state index contributed by atoms with van der Waals surface area (Å²) < 4.78 is 15.0. The largest absolute Gasteiger partial charge is 0.351 e. The fourth-order valence-electron chi connectivity index (χ4n) is 1.82. The second kappa shape index (κ2) is 5.64. The van der Waals surface area contributed by atoms with Crippen molar-refractivity contribution in [2.75, 3.05) is 6.54 Å². The number of carbonyl (C=O) groups excluding carboxylic acids is 1. The normalized spacial score (nSPS) is 10.3. The first-order valence-corrected chi connectivity index (χ1v) is 6.18. The third-order valence-electron chi connectivity index (χ3n) is 2.74. The van der Waals surface area contributed by atoms with Crippen LogP contribution in [-0.4, -0.2) is 22.2 Å². The number of halogens is 1. The predicted octanol–water partition coefficient (Wildman–Crippen LogP) is 1.43. The van der Waals surface area contributed by atoms with Gasteiger partial charge in [-0.25, -0.2) is 9.07 Å². The van der Waals surface area contributed by atoms with Crippen LogP contribution in [0.5, 0.6) is 0 Å². The molecule has 6 heteroatoms. The number of benzene rings is 1. The lowest BCUT2D eigenvalue weighted by molar-refractivity contribution is 0.0948. The monoisotopic (exact) mass is 275 g/mol. The van der Waals surface area contributed by atoms with E-state index in [2.05, 4.69) is 10.4 Å². The molecule has 0 aliphatic heterocycles. The second-order valence-electron chi connectivity index (χ2n) is 4.22. The maximum Gasteiger partial charge on any atom is 0.275 e. The van der Waals surface area contributed by atoms with Gasteiger partial charge in [-0.3, -0.25) is 9.59 Å². The highest BCUT2D eigenvalue weighted by Gasteiger charge is 2.15. The number of carbonyl (C=O) groups is 1. The lowest BCUT2D eigenvalue weighted by atomic mass is 10.2. The van der Waals surface area contributed by atoms with Crippen molar-refractivity contribution in [2.24, 2.45) is 0 Å². The summed E-state index contributed by atoms with van der Waals surface area (Å²) in [5.74, 6) is -1.05. The number of rotatable bonds is 3. The first-order valence-electron chi connectivity index (χ1n) is 6.18. The van der Waals surface area contributed by atoms with Gasteiger partial charge in [0.05, 0.1) is 0 Å². The maximum atomic E-state index is 13.8. The third-order valence-corrected chi connectivity index (χ3v) is 2.74. The minimum Gasteiger partial charge on any atom is -0.351 e. The Morgan fingerprint density at radius 1 is 1.40 bits per heavy atom. The van der Waals surface area contributed by atoms with E-state index in [0.717, 1.165) is 0 Å². The molecule has 0 radical (unpaired) electrons. The van der Waals surface area contributed by atoms with Gasteiger partial charge in [0.1, 0.15) is 11.5 Å². The fourth-order valence-corrected chi connectivity index (χ4v) is 1.82. The molecule has 0 unspecified atom stereocenters. The molecule has 1 aromatic heterocycles. The van der Waals surface area contributed by atoms with Crippen LogP contribution in [0, 0.1) is 12.7 Å². The van der Waals surface area contributed by atoms with Crippen molar-refractivity contribution in [2.45, 2.75) is 13.8 Å². The molecule has 5 nitrogen and oxygen atoms in total. The number of hydrogen-bond donors (Lipinski definition) is 1. The van der Waals surface area contributed by atoms with E-state index in [4.69, 9.17) is 0 Å². The van der Waals surface area contributed by atoms with Crippen molar-refractivity contribution in [3.63, 3.8) is 0 Å². The molecule has 0 spiro atoms. The smallest absolute Gasteiger partial charge is 0.275 e. The van der Waals surface area contributed by atoms with Crippen molar-refractivity contribution >= 4 is 5.91 Å². The van der Waals surface area contributed by atoms with Crippen LogP contribution < -0.4 is 10.7 Å². The number of amides is 1. The first-order chi connectivity index (χ1) is 9.54. The molecule has 1 N–H and O–H groups in total. The van der Waals surface area contributed by atoms with Gasteiger partial charge in [0.15, 0.2) is 5.69 Å². The average Bonchev–Trinajstić information content (AvgIpc) is 2.40. The van der Waals surface area contributed by atoms with Crippen LogP contribution >= 0.6 is 0 Å². The van der Waals surface area contributed by atoms with Crippen molar-refractivity contribution < 1.29 is 9.18 Å². The SMILES string of the molecule is CCNC(=O)c1nn(-c2ccccc2F)c(C)cc1=O. The van der Waals surface area contributed by atoms with Gasteiger partial charge in [-0.15, -0.1) is 0 Å². The van der Waals surface area contributed by atoms with Crippen LogP contribution in [0.3, 0.4) is 0 Å². The van der Waals surface area contributed by atoms with Crippen molar-refractivity contribution in [3.8, 4) is 5.69 Å². The molecule has 2 rings (SSSR count). The Balaban J connectivity index is 2.61. The zero-order valence-electron chi connectivity index (χ0n) is 11.2. The molecule has 0 atom stereocenters. The van der Waals surface area contributed by atoms with Crippen molar-refractivity contribution in [3.05, 3.63) is 57.8 Å². The Morgan fingerprint density at radius 3 is 2.75 bits per heavy atom. The number of hydrogen-bond acceptors (Lipinski definition) is 3. The fraction of sp³-hybridized carbons (Fsp3) is 0.214. The zero-order chi connectivity index (χ0) is 14.7. The first kappa shape index (κ1) is 13.9. The highest BCUT2D eigenvalue weighted by Crippen LogP contribution is 2.12. The van der Waals surface area contributed by atoms with E-state index in [1.807, 2.05) is 0 Å². The lowest BCUT2D eigenvalue weighted by Crippen LogP contribution is -2.31. The molecule has 1 heterocycles. The second-order valence-corrected chi connectivity index (χ2v) is 4.22. The van der Waals surface area contributed by atoms with E-state index in [9.17, 15) is 14.0 Å². The summed E-state index contributed by atoms with van der Waals surface area (Å²) in [5, 5.41) is 6.48. The van der Waals surface area contributed by atoms with Crippen LogP contribution in [0.4, 0.5) is 4.39 Å². The minimum absolute atomic E-state index is 0.190. The number of aromatic nitrogens is 2. The molecule has 0 saturated carbocycles. The summed E-state index contributed by atoms with van der Waals surface area (Å²) in [4.78, 5) is 23.6.